The molecule has 3 unspecified atom stereocenters. The van der Waals surface area contributed by atoms with Crippen LogP contribution in [0.2, 0.25) is 0 Å². The van der Waals surface area contributed by atoms with Crippen LogP contribution in [0.15, 0.2) is 0 Å². The average molecular weight is 226 g/mol. The summed E-state index contributed by atoms with van der Waals surface area (Å²) in [4.78, 5) is 0. The monoisotopic (exact) mass is 226 g/mol. The van der Waals surface area contributed by atoms with Gasteiger partial charge in [-0.1, -0.05) is 12.8 Å². The second-order valence-corrected chi connectivity index (χ2v) is 5.36. The second kappa shape index (κ2) is 6.58. The van der Waals surface area contributed by atoms with E-state index in [0.717, 1.165) is 19.7 Å². The largest absolute Gasteiger partial charge is 0.377 e. The van der Waals surface area contributed by atoms with Gasteiger partial charge in [-0.3, -0.25) is 0 Å². The molecular formula is C13H26N2O. The Bertz CT molecular complexity index is 192. The van der Waals surface area contributed by atoms with Gasteiger partial charge in [0.2, 0.25) is 0 Å². The highest BCUT2D eigenvalue weighted by molar-refractivity contribution is 4.80. The molecule has 0 radical (unpaired) electrons. The molecule has 1 aliphatic carbocycles. The van der Waals surface area contributed by atoms with E-state index in [1.54, 1.807) is 0 Å². The molecule has 0 aromatic rings. The molecule has 2 rings (SSSR count). The quantitative estimate of drug-likeness (QED) is 0.766. The van der Waals surface area contributed by atoms with Crippen molar-refractivity contribution in [2.75, 3.05) is 19.7 Å². The summed E-state index contributed by atoms with van der Waals surface area (Å²) in [5.41, 5.74) is 6.13. The molecule has 3 N–H and O–H groups in total. The predicted octanol–water partition coefficient (Wildman–Crippen LogP) is 1.66. The van der Waals surface area contributed by atoms with Crippen LogP contribution < -0.4 is 11.1 Å². The number of ether oxygens (including phenoxy) is 1. The van der Waals surface area contributed by atoms with Crippen LogP contribution in [-0.2, 0) is 4.74 Å². The third-order valence-corrected chi connectivity index (χ3v) is 4.02. The summed E-state index contributed by atoms with van der Waals surface area (Å²) in [7, 11) is 0. The number of rotatable bonds is 4. The van der Waals surface area contributed by atoms with E-state index in [0.29, 0.717) is 18.1 Å². The van der Waals surface area contributed by atoms with E-state index in [2.05, 4.69) is 5.32 Å². The minimum Gasteiger partial charge on any atom is -0.377 e. The molecule has 3 nitrogen and oxygen atoms in total. The molecule has 0 amide bonds. The van der Waals surface area contributed by atoms with Crippen LogP contribution in [0.1, 0.15) is 44.9 Å². The summed E-state index contributed by atoms with van der Waals surface area (Å²) < 4.78 is 5.70. The molecule has 2 aliphatic rings. The zero-order valence-electron chi connectivity index (χ0n) is 10.3. The van der Waals surface area contributed by atoms with Crippen molar-refractivity contribution in [3.05, 3.63) is 0 Å². The minimum atomic E-state index is 0.425. The van der Waals surface area contributed by atoms with Crippen molar-refractivity contribution < 1.29 is 4.74 Å². The SMILES string of the molecule is NC1CCCCC1CNCC1CCCCO1. The Balaban J connectivity index is 1.59. The lowest BCUT2D eigenvalue weighted by atomic mass is 9.85. The Kier molecular flexibility index (Phi) is 5.07. The zero-order valence-corrected chi connectivity index (χ0v) is 10.3. The van der Waals surface area contributed by atoms with Crippen molar-refractivity contribution in [1.29, 1.82) is 0 Å². The third-order valence-electron chi connectivity index (χ3n) is 4.02. The summed E-state index contributed by atoms with van der Waals surface area (Å²) in [6.45, 7) is 3.06. The summed E-state index contributed by atoms with van der Waals surface area (Å²) in [6, 6.07) is 0.425. The van der Waals surface area contributed by atoms with Gasteiger partial charge in [0.05, 0.1) is 6.10 Å². The first kappa shape index (κ1) is 12.3. The van der Waals surface area contributed by atoms with E-state index in [-0.39, 0.29) is 0 Å². The normalized spacial score (nSPS) is 36.2. The standard InChI is InChI=1S/C13H26N2O/c14-13-7-2-1-5-11(13)9-15-10-12-6-3-4-8-16-12/h11-13,15H,1-10,14H2. The fourth-order valence-corrected chi connectivity index (χ4v) is 2.89. The maximum atomic E-state index is 6.13. The van der Waals surface area contributed by atoms with E-state index in [1.807, 2.05) is 0 Å². The van der Waals surface area contributed by atoms with E-state index < -0.39 is 0 Å². The van der Waals surface area contributed by atoms with Gasteiger partial charge in [-0.25, -0.2) is 0 Å². The first-order valence-corrected chi connectivity index (χ1v) is 6.94. The molecule has 0 bridgehead atoms. The summed E-state index contributed by atoms with van der Waals surface area (Å²) in [5.74, 6) is 0.692. The Morgan fingerprint density at radius 3 is 2.56 bits per heavy atom. The van der Waals surface area contributed by atoms with Crippen LogP contribution in [-0.4, -0.2) is 31.8 Å². The van der Waals surface area contributed by atoms with Crippen LogP contribution in [0.5, 0.6) is 0 Å². The number of hydrogen-bond donors (Lipinski definition) is 2. The van der Waals surface area contributed by atoms with Gasteiger partial charge < -0.3 is 15.8 Å². The second-order valence-electron chi connectivity index (χ2n) is 5.36. The maximum Gasteiger partial charge on any atom is 0.0699 e. The Morgan fingerprint density at radius 2 is 1.81 bits per heavy atom. The number of nitrogens with two attached hydrogens (primary N) is 1. The Morgan fingerprint density at radius 1 is 1.00 bits per heavy atom. The lowest BCUT2D eigenvalue weighted by molar-refractivity contribution is 0.0161. The van der Waals surface area contributed by atoms with Gasteiger partial charge in [0, 0.05) is 19.2 Å². The smallest absolute Gasteiger partial charge is 0.0699 e. The topological polar surface area (TPSA) is 47.3 Å². The van der Waals surface area contributed by atoms with Crippen molar-refractivity contribution in [3.8, 4) is 0 Å². The molecule has 0 aromatic heterocycles. The molecule has 3 atom stereocenters. The molecule has 1 saturated carbocycles. The van der Waals surface area contributed by atoms with E-state index in [1.165, 1.54) is 44.9 Å². The fourth-order valence-electron chi connectivity index (χ4n) is 2.89. The number of nitrogens with one attached hydrogen (secondary N) is 1. The molecular weight excluding hydrogens is 200 g/mol. The molecule has 2 fully saturated rings. The van der Waals surface area contributed by atoms with Gasteiger partial charge in [0.1, 0.15) is 0 Å². The van der Waals surface area contributed by atoms with Crippen molar-refractivity contribution >= 4 is 0 Å². The van der Waals surface area contributed by atoms with Gasteiger partial charge in [-0.2, -0.15) is 0 Å². The molecule has 94 valence electrons. The Labute approximate surface area is 99.1 Å². The predicted molar refractivity (Wildman–Crippen MR) is 66.4 cm³/mol. The molecule has 16 heavy (non-hydrogen) atoms. The first-order chi connectivity index (χ1) is 7.86. The highest BCUT2D eigenvalue weighted by Gasteiger charge is 2.21. The molecule has 0 aromatic carbocycles. The molecule has 0 spiro atoms. The summed E-state index contributed by atoms with van der Waals surface area (Å²) >= 11 is 0. The van der Waals surface area contributed by atoms with Crippen molar-refractivity contribution in [1.82, 2.24) is 5.32 Å². The molecule has 1 heterocycles. The lowest BCUT2D eigenvalue weighted by Gasteiger charge is -2.30. The van der Waals surface area contributed by atoms with Crippen molar-refractivity contribution in [2.45, 2.75) is 57.1 Å². The van der Waals surface area contributed by atoms with Crippen LogP contribution in [0.4, 0.5) is 0 Å². The average Bonchev–Trinajstić information content (AvgIpc) is 2.33. The van der Waals surface area contributed by atoms with Crippen LogP contribution in [0.3, 0.4) is 0 Å². The highest BCUT2D eigenvalue weighted by atomic mass is 16.5. The van der Waals surface area contributed by atoms with Crippen molar-refractivity contribution in [2.24, 2.45) is 11.7 Å². The van der Waals surface area contributed by atoms with Crippen LogP contribution >= 0.6 is 0 Å². The maximum absolute atomic E-state index is 6.13. The van der Waals surface area contributed by atoms with Gasteiger partial charge >= 0.3 is 0 Å². The molecule has 1 aliphatic heterocycles. The van der Waals surface area contributed by atoms with Gasteiger partial charge in [0.25, 0.3) is 0 Å². The Hall–Kier alpha value is -0.120. The molecule has 3 heteroatoms. The highest BCUT2D eigenvalue weighted by Crippen LogP contribution is 2.22. The van der Waals surface area contributed by atoms with Gasteiger partial charge in [0.15, 0.2) is 0 Å². The minimum absolute atomic E-state index is 0.425. The van der Waals surface area contributed by atoms with E-state index in [4.69, 9.17) is 10.5 Å². The summed E-state index contributed by atoms with van der Waals surface area (Å²) in [6.07, 6.45) is 9.45. The zero-order chi connectivity index (χ0) is 11.2. The van der Waals surface area contributed by atoms with Gasteiger partial charge in [-0.15, -0.1) is 0 Å². The summed E-state index contributed by atoms with van der Waals surface area (Å²) in [5, 5.41) is 3.55. The van der Waals surface area contributed by atoms with Gasteiger partial charge in [-0.05, 0) is 44.6 Å². The molecule has 1 saturated heterocycles. The van der Waals surface area contributed by atoms with Crippen LogP contribution in [0.25, 0.3) is 0 Å². The third kappa shape index (κ3) is 3.72. The first-order valence-electron chi connectivity index (χ1n) is 6.94. The number of hydrogen-bond acceptors (Lipinski definition) is 3. The fraction of sp³-hybridized carbons (Fsp3) is 1.00. The van der Waals surface area contributed by atoms with E-state index >= 15 is 0 Å². The van der Waals surface area contributed by atoms with E-state index in [9.17, 15) is 0 Å². The lowest BCUT2D eigenvalue weighted by Crippen LogP contribution is -2.41. The van der Waals surface area contributed by atoms with Crippen LogP contribution in [0, 0.1) is 5.92 Å². The van der Waals surface area contributed by atoms with Crippen molar-refractivity contribution in [3.63, 3.8) is 0 Å².